The number of ether oxygens (including phenoxy) is 2. The van der Waals surface area contributed by atoms with Crippen LogP contribution in [0.15, 0.2) is 0 Å². The van der Waals surface area contributed by atoms with E-state index in [0.29, 0.717) is 6.54 Å². The van der Waals surface area contributed by atoms with Gasteiger partial charge in [0.05, 0.1) is 13.2 Å². The van der Waals surface area contributed by atoms with Crippen LogP contribution in [0.1, 0.15) is 6.92 Å². The Morgan fingerprint density at radius 3 is 3.08 bits per heavy atom. The van der Waals surface area contributed by atoms with Gasteiger partial charge in [0.15, 0.2) is 6.10 Å². The number of hydrogen-bond donors (Lipinski definition) is 2. The molecule has 2 atom stereocenters. The minimum Gasteiger partial charge on any atom is -0.479 e. The van der Waals surface area contributed by atoms with Gasteiger partial charge in [0.2, 0.25) is 0 Å². The summed E-state index contributed by atoms with van der Waals surface area (Å²) in [5.41, 5.74) is 0. The first kappa shape index (κ1) is 9.79. The second-order valence-corrected chi connectivity index (χ2v) is 2.72. The molecule has 1 rings (SSSR count). The molecule has 0 aromatic heterocycles. The Bertz CT molecular complexity index is 217. The Kier molecular flexibility index (Phi) is 3.07. The van der Waals surface area contributed by atoms with Crippen LogP contribution in [0.2, 0.25) is 0 Å². The zero-order chi connectivity index (χ0) is 9.84. The average molecular weight is 189 g/mol. The summed E-state index contributed by atoms with van der Waals surface area (Å²) in [7, 11) is 0. The highest BCUT2D eigenvalue weighted by atomic mass is 16.6. The fraction of sp³-hybridized carbons (Fsp3) is 0.714. The van der Waals surface area contributed by atoms with E-state index in [2.05, 4.69) is 5.32 Å². The van der Waals surface area contributed by atoms with Gasteiger partial charge in [0.1, 0.15) is 6.10 Å². The van der Waals surface area contributed by atoms with Crippen LogP contribution in [0.5, 0.6) is 0 Å². The fourth-order valence-electron chi connectivity index (χ4n) is 0.848. The summed E-state index contributed by atoms with van der Waals surface area (Å²) >= 11 is 0. The van der Waals surface area contributed by atoms with Gasteiger partial charge in [0, 0.05) is 0 Å². The van der Waals surface area contributed by atoms with E-state index in [1.165, 1.54) is 6.92 Å². The quantitative estimate of drug-likeness (QED) is 0.627. The van der Waals surface area contributed by atoms with Crippen molar-refractivity contribution in [1.29, 1.82) is 0 Å². The smallest absolute Gasteiger partial charge is 0.407 e. The second-order valence-electron chi connectivity index (χ2n) is 2.72. The third-order valence-corrected chi connectivity index (χ3v) is 1.63. The van der Waals surface area contributed by atoms with Gasteiger partial charge in [-0.25, -0.2) is 9.59 Å². The Morgan fingerprint density at radius 2 is 2.62 bits per heavy atom. The van der Waals surface area contributed by atoms with Gasteiger partial charge in [-0.1, -0.05) is 0 Å². The van der Waals surface area contributed by atoms with Crippen LogP contribution in [0.4, 0.5) is 4.79 Å². The predicted molar refractivity (Wildman–Crippen MR) is 41.3 cm³/mol. The van der Waals surface area contributed by atoms with Crippen LogP contribution < -0.4 is 5.32 Å². The summed E-state index contributed by atoms with van der Waals surface area (Å²) in [4.78, 5) is 20.8. The standard InChI is InChI=1S/C7H11NO5/c1-4(6(9)10)12-3-5-2-8-7(11)13-5/h4-5H,2-3H2,1H3,(H,8,11)(H,9,10)/t4-,5?/m0/s1. The minimum atomic E-state index is -1.03. The van der Waals surface area contributed by atoms with Crippen molar-refractivity contribution in [1.82, 2.24) is 5.32 Å². The largest absolute Gasteiger partial charge is 0.479 e. The van der Waals surface area contributed by atoms with Gasteiger partial charge in [-0.15, -0.1) is 0 Å². The fourth-order valence-corrected chi connectivity index (χ4v) is 0.848. The molecule has 1 aliphatic rings. The van der Waals surface area contributed by atoms with Gasteiger partial charge < -0.3 is 19.9 Å². The first-order valence-electron chi connectivity index (χ1n) is 3.88. The van der Waals surface area contributed by atoms with Crippen LogP contribution in [0, 0.1) is 0 Å². The number of hydrogen-bond acceptors (Lipinski definition) is 4. The van der Waals surface area contributed by atoms with E-state index < -0.39 is 18.2 Å². The molecule has 0 aromatic rings. The van der Waals surface area contributed by atoms with Gasteiger partial charge in [-0.05, 0) is 6.92 Å². The zero-order valence-corrected chi connectivity index (χ0v) is 7.15. The van der Waals surface area contributed by atoms with Crippen LogP contribution in [-0.2, 0) is 14.3 Å². The number of nitrogens with one attached hydrogen (secondary N) is 1. The van der Waals surface area contributed by atoms with Crippen molar-refractivity contribution >= 4 is 12.1 Å². The van der Waals surface area contributed by atoms with Gasteiger partial charge in [-0.2, -0.15) is 0 Å². The molecule has 0 bridgehead atoms. The number of rotatable bonds is 4. The molecule has 0 radical (unpaired) electrons. The summed E-state index contributed by atoms with van der Waals surface area (Å²) in [5.74, 6) is -1.03. The Morgan fingerprint density at radius 1 is 1.92 bits per heavy atom. The van der Waals surface area contributed by atoms with Crippen molar-refractivity contribution in [3.05, 3.63) is 0 Å². The predicted octanol–water partition coefficient (Wildman–Crippen LogP) is -0.416. The van der Waals surface area contributed by atoms with Crippen molar-refractivity contribution in [3.8, 4) is 0 Å². The number of cyclic esters (lactones) is 1. The first-order chi connectivity index (χ1) is 6.09. The van der Waals surface area contributed by atoms with E-state index in [4.69, 9.17) is 14.6 Å². The number of carbonyl (C=O) groups excluding carboxylic acids is 1. The van der Waals surface area contributed by atoms with E-state index in [9.17, 15) is 9.59 Å². The number of aliphatic carboxylic acids is 1. The zero-order valence-electron chi connectivity index (χ0n) is 7.15. The molecule has 6 heteroatoms. The molecular formula is C7H11NO5. The molecule has 1 unspecified atom stereocenters. The SMILES string of the molecule is C[C@H](OCC1CNC(=O)O1)C(=O)O. The van der Waals surface area contributed by atoms with E-state index in [-0.39, 0.29) is 12.7 Å². The molecule has 13 heavy (non-hydrogen) atoms. The summed E-state index contributed by atoms with van der Waals surface area (Å²) < 4.78 is 9.64. The number of amides is 1. The highest BCUT2D eigenvalue weighted by molar-refractivity contribution is 5.71. The van der Waals surface area contributed by atoms with Gasteiger partial charge in [0.25, 0.3) is 0 Å². The molecule has 0 aromatic carbocycles. The second kappa shape index (κ2) is 4.08. The molecular weight excluding hydrogens is 178 g/mol. The van der Waals surface area contributed by atoms with E-state index >= 15 is 0 Å². The summed E-state index contributed by atoms with van der Waals surface area (Å²) in [5, 5.41) is 10.9. The van der Waals surface area contributed by atoms with E-state index in [1.807, 2.05) is 0 Å². The maximum atomic E-state index is 10.5. The average Bonchev–Trinajstić information content (AvgIpc) is 2.47. The lowest BCUT2D eigenvalue weighted by molar-refractivity contribution is -0.150. The lowest BCUT2D eigenvalue weighted by atomic mass is 10.3. The lowest BCUT2D eigenvalue weighted by Crippen LogP contribution is -2.27. The monoisotopic (exact) mass is 189 g/mol. The van der Waals surface area contributed by atoms with Crippen molar-refractivity contribution in [2.45, 2.75) is 19.1 Å². The molecule has 1 heterocycles. The topological polar surface area (TPSA) is 84.9 Å². The summed E-state index contributed by atoms with van der Waals surface area (Å²) in [6.07, 6.45) is -1.75. The molecule has 1 aliphatic heterocycles. The third-order valence-electron chi connectivity index (χ3n) is 1.63. The maximum Gasteiger partial charge on any atom is 0.407 e. The van der Waals surface area contributed by atoms with Crippen molar-refractivity contribution in [2.75, 3.05) is 13.2 Å². The highest BCUT2D eigenvalue weighted by Crippen LogP contribution is 2.02. The molecule has 1 saturated heterocycles. The van der Waals surface area contributed by atoms with Crippen LogP contribution >= 0.6 is 0 Å². The Hall–Kier alpha value is -1.30. The van der Waals surface area contributed by atoms with Gasteiger partial charge in [-0.3, -0.25) is 0 Å². The van der Waals surface area contributed by atoms with Crippen LogP contribution in [0.3, 0.4) is 0 Å². The summed E-state index contributed by atoms with van der Waals surface area (Å²) in [6.45, 7) is 1.89. The van der Waals surface area contributed by atoms with Crippen LogP contribution in [-0.4, -0.2) is 42.5 Å². The maximum absolute atomic E-state index is 10.5. The highest BCUT2D eigenvalue weighted by Gasteiger charge is 2.24. The molecule has 1 amide bonds. The number of carboxylic acids is 1. The van der Waals surface area contributed by atoms with Crippen molar-refractivity contribution in [2.24, 2.45) is 0 Å². The Balaban J connectivity index is 2.19. The molecule has 0 aliphatic carbocycles. The number of alkyl carbamates (subject to hydrolysis) is 1. The Labute approximate surface area is 74.8 Å². The molecule has 0 saturated carbocycles. The minimum absolute atomic E-state index is 0.103. The van der Waals surface area contributed by atoms with Crippen molar-refractivity contribution in [3.63, 3.8) is 0 Å². The number of carboxylic acid groups (broad SMARTS) is 1. The van der Waals surface area contributed by atoms with E-state index in [0.717, 1.165) is 0 Å². The molecule has 6 nitrogen and oxygen atoms in total. The number of carbonyl (C=O) groups is 2. The van der Waals surface area contributed by atoms with Crippen molar-refractivity contribution < 1.29 is 24.2 Å². The molecule has 0 spiro atoms. The first-order valence-corrected chi connectivity index (χ1v) is 3.88. The molecule has 2 N–H and O–H groups in total. The van der Waals surface area contributed by atoms with E-state index in [1.54, 1.807) is 0 Å². The molecule has 74 valence electrons. The van der Waals surface area contributed by atoms with Gasteiger partial charge >= 0.3 is 12.1 Å². The van der Waals surface area contributed by atoms with Crippen LogP contribution in [0.25, 0.3) is 0 Å². The molecule has 1 fully saturated rings. The third kappa shape index (κ3) is 2.90. The lowest BCUT2D eigenvalue weighted by Gasteiger charge is -2.11. The normalized spacial score (nSPS) is 23.5. The summed E-state index contributed by atoms with van der Waals surface area (Å²) in [6, 6.07) is 0.